The SMILES string of the molecule is COc1cccc(C=NC2OC3COC(C)OC3C(O)C2O)c1O.COc1cccc(C=NC2OC3COC(C)OC3C(O)C2O)c1O.[O]=[U]=[O].[O]=[U]=[O]. The van der Waals surface area contributed by atoms with Gasteiger partial charge in [-0.15, -0.1) is 0 Å². The molecular weight excluding hydrogens is 1180 g/mol. The van der Waals surface area contributed by atoms with Crippen LogP contribution in [0.2, 0.25) is 0 Å². The number of ether oxygens (including phenoxy) is 8. The van der Waals surface area contributed by atoms with Crippen LogP contribution in [0, 0.1) is 55.6 Å². The number of hydrogen-bond acceptors (Lipinski definition) is 20. The number of phenols is 2. The quantitative estimate of drug-likeness (QED) is 0.200. The minimum atomic E-state index is -2.51. The Bertz CT molecular complexity index is 1500. The number of para-hydroxylation sites is 2. The molecule has 0 aliphatic carbocycles. The first-order valence-corrected chi connectivity index (χ1v) is 23.0. The normalized spacial score (nSPS) is 32.7. The third-order valence-corrected chi connectivity index (χ3v) is 8.23. The van der Waals surface area contributed by atoms with Gasteiger partial charge in [0.25, 0.3) is 0 Å². The first kappa shape index (κ1) is 46.3. The molecule has 4 aliphatic rings. The Kier molecular flexibility index (Phi) is 19.9. The van der Waals surface area contributed by atoms with Crippen LogP contribution in [0.25, 0.3) is 0 Å². The Morgan fingerprint density at radius 1 is 0.630 bits per heavy atom. The number of nitrogens with zero attached hydrogens (tertiary/aromatic N) is 2. The first-order chi connectivity index (χ1) is 25.8. The van der Waals surface area contributed by atoms with Crippen molar-refractivity contribution in [2.45, 2.75) is 87.7 Å². The summed E-state index contributed by atoms with van der Waals surface area (Å²) in [5.74, 6) is 0.496. The molecule has 12 unspecified atom stereocenters. The number of aromatic hydroxyl groups is 2. The fraction of sp³-hybridized carbons (Fsp3) is 0.562. The van der Waals surface area contributed by atoms with Gasteiger partial charge in [0.1, 0.15) is 48.8 Å². The standard InChI is InChI=1S/2C16H21NO7.4O.2U/c2*1-8-22-7-11-15(23-8)13(19)14(20)16(24-11)17-6-9-4-3-5-10(21-2)12(9)18;;;;;;/h2*3-6,8,11,13-16,18-20H,7H2,1-2H3;;;;;;. The van der Waals surface area contributed by atoms with Crippen molar-refractivity contribution in [3.63, 3.8) is 0 Å². The molecule has 0 bridgehead atoms. The van der Waals surface area contributed by atoms with Crippen molar-refractivity contribution >= 4 is 12.4 Å². The maximum atomic E-state index is 10.2. The fourth-order valence-corrected chi connectivity index (χ4v) is 5.60. The Hall–Kier alpha value is -2.12. The van der Waals surface area contributed by atoms with E-state index in [0.717, 1.165) is 0 Å². The van der Waals surface area contributed by atoms with E-state index in [-0.39, 0.29) is 24.7 Å². The van der Waals surface area contributed by atoms with Crippen LogP contribution in [0.3, 0.4) is 0 Å². The third kappa shape index (κ3) is 12.4. The van der Waals surface area contributed by atoms with E-state index in [1.807, 2.05) is 0 Å². The van der Waals surface area contributed by atoms with Crippen molar-refractivity contribution in [2.24, 2.45) is 9.98 Å². The van der Waals surface area contributed by atoms with Crippen LogP contribution in [0.1, 0.15) is 25.0 Å². The van der Waals surface area contributed by atoms with E-state index in [9.17, 15) is 30.6 Å². The molecule has 12 atom stereocenters. The van der Waals surface area contributed by atoms with Gasteiger partial charge >= 0.3 is 64.6 Å². The van der Waals surface area contributed by atoms with E-state index in [0.29, 0.717) is 22.6 Å². The Morgan fingerprint density at radius 3 is 1.31 bits per heavy atom. The molecule has 2 aromatic rings. The Morgan fingerprint density at radius 2 is 0.981 bits per heavy atom. The average Bonchev–Trinajstić information content (AvgIpc) is 3.16. The first-order valence-electron chi connectivity index (χ1n) is 16.2. The van der Waals surface area contributed by atoms with Gasteiger partial charge in [-0.05, 0) is 38.1 Å². The summed E-state index contributed by atoms with van der Waals surface area (Å²) < 4.78 is 77.4. The van der Waals surface area contributed by atoms with Gasteiger partial charge in [-0.2, -0.15) is 0 Å². The van der Waals surface area contributed by atoms with Crippen LogP contribution in [-0.4, -0.2) is 144 Å². The van der Waals surface area contributed by atoms with Gasteiger partial charge in [-0.3, -0.25) is 9.98 Å². The number of fused-ring (bicyclic) bond motifs is 2. The molecule has 0 amide bonds. The van der Waals surface area contributed by atoms with E-state index >= 15 is 0 Å². The number of rotatable bonds is 6. The average molecular weight is 1220 g/mol. The van der Waals surface area contributed by atoms with E-state index < -0.39 is 130 Å². The minimum absolute atomic E-state index is 0.0642. The summed E-state index contributed by atoms with van der Waals surface area (Å²) in [6.07, 6.45) is -7.36. The number of aliphatic hydroxyl groups is 4. The Labute approximate surface area is 338 Å². The molecule has 4 heterocycles. The van der Waals surface area contributed by atoms with Crippen LogP contribution in [0.15, 0.2) is 46.4 Å². The molecular formula is C32H42N2O18U2. The van der Waals surface area contributed by atoms with Gasteiger partial charge < -0.3 is 68.5 Å². The van der Waals surface area contributed by atoms with E-state index in [2.05, 4.69) is 9.98 Å². The van der Waals surface area contributed by atoms with Crippen LogP contribution < -0.4 is 9.47 Å². The molecule has 4 fully saturated rings. The molecule has 6 N–H and O–H groups in total. The van der Waals surface area contributed by atoms with Gasteiger partial charge in [0, 0.05) is 23.6 Å². The zero-order valence-corrected chi connectivity index (χ0v) is 37.8. The summed E-state index contributed by atoms with van der Waals surface area (Å²) >= 11 is -5.01. The summed E-state index contributed by atoms with van der Waals surface area (Å²) in [5.41, 5.74) is 0.818. The van der Waals surface area contributed by atoms with Crippen molar-refractivity contribution < 1.29 is 133 Å². The molecule has 4 aliphatic heterocycles. The van der Waals surface area contributed by atoms with Crippen LogP contribution in [0.5, 0.6) is 23.0 Å². The van der Waals surface area contributed by atoms with Crippen molar-refractivity contribution in [3.8, 4) is 23.0 Å². The molecule has 20 nitrogen and oxygen atoms in total. The van der Waals surface area contributed by atoms with E-state index in [1.54, 1.807) is 50.2 Å². The van der Waals surface area contributed by atoms with Crippen LogP contribution >= 0.6 is 0 Å². The molecule has 0 radical (unpaired) electrons. The predicted molar refractivity (Wildman–Crippen MR) is 169 cm³/mol. The number of benzene rings is 2. The maximum absolute atomic E-state index is 10.2. The summed E-state index contributed by atoms with van der Waals surface area (Å²) in [7, 11) is 2.90. The van der Waals surface area contributed by atoms with Crippen molar-refractivity contribution in [3.05, 3.63) is 47.5 Å². The molecule has 22 heteroatoms. The topological polar surface area (TPSA) is 288 Å². The van der Waals surface area contributed by atoms with Crippen molar-refractivity contribution in [1.82, 2.24) is 0 Å². The summed E-state index contributed by atoms with van der Waals surface area (Å²) in [5, 5.41) is 61.0. The van der Waals surface area contributed by atoms with E-state index in [4.69, 9.17) is 46.8 Å². The van der Waals surface area contributed by atoms with Crippen LogP contribution in [-0.2, 0) is 37.4 Å². The second-order valence-electron chi connectivity index (χ2n) is 11.6. The molecule has 0 spiro atoms. The fourth-order valence-electron chi connectivity index (χ4n) is 5.60. The summed E-state index contributed by atoms with van der Waals surface area (Å²) in [4.78, 5) is 8.29. The second kappa shape index (κ2) is 23.2. The number of aliphatic imine (C=N–C) groups is 2. The molecule has 296 valence electrons. The number of phenolic OH excluding ortho intramolecular Hbond substituents is 2. The summed E-state index contributed by atoms with van der Waals surface area (Å²) in [6, 6.07) is 9.92. The Balaban J connectivity index is 0.000000254. The third-order valence-electron chi connectivity index (χ3n) is 8.23. The zero-order chi connectivity index (χ0) is 39.9. The number of aliphatic hydroxyl groups excluding tert-OH is 4. The molecule has 6 rings (SSSR count). The molecule has 4 saturated heterocycles. The van der Waals surface area contributed by atoms with Gasteiger partial charge in [0.05, 0.1) is 27.4 Å². The molecule has 54 heavy (non-hydrogen) atoms. The molecule has 0 saturated carbocycles. The molecule has 0 aromatic heterocycles. The van der Waals surface area contributed by atoms with Gasteiger partial charge in [0.15, 0.2) is 48.0 Å². The van der Waals surface area contributed by atoms with Gasteiger partial charge in [0.2, 0.25) is 0 Å². The van der Waals surface area contributed by atoms with Crippen molar-refractivity contribution in [2.75, 3.05) is 27.4 Å². The summed E-state index contributed by atoms with van der Waals surface area (Å²) in [6.45, 7) is 3.91. The number of hydrogen-bond donors (Lipinski definition) is 6. The predicted octanol–water partition coefficient (Wildman–Crippen LogP) is -0.420. The molecule has 2 aromatic carbocycles. The zero-order valence-electron chi connectivity index (χ0n) is 29.4. The second-order valence-corrected chi connectivity index (χ2v) is 13.0. The monoisotopic (exact) mass is 1220 g/mol. The van der Waals surface area contributed by atoms with E-state index in [1.165, 1.54) is 26.6 Å². The van der Waals surface area contributed by atoms with Gasteiger partial charge in [-0.1, -0.05) is 12.1 Å². The van der Waals surface area contributed by atoms with Crippen LogP contribution in [0.4, 0.5) is 0 Å². The van der Waals surface area contributed by atoms with Crippen molar-refractivity contribution in [1.29, 1.82) is 0 Å². The number of methoxy groups -OCH3 is 2. The van der Waals surface area contributed by atoms with Gasteiger partial charge in [-0.25, -0.2) is 0 Å².